The Bertz CT molecular complexity index is 435. The van der Waals surface area contributed by atoms with E-state index in [1.165, 1.54) is 0 Å². The van der Waals surface area contributed by atoms with Gasteiger partial charge in [0.2, 0.25) is 0 Å². The van der Waals surface area contributed by atoms with Crippen LogP contribution in [0.3, 0.4) is 0 Å². The van der Waals surface area contributed by atoms with Crippen LogP contribution in [0.25, 0.3) is 0 Å². The molecular weight excluding hydrogens is 328 g/mol. The van der Waals surface area contributed by atoms with Gasteiger partial charge in [0.15, 0.2) is 0 Å². The summed E-state index contributed by atoms with van der Waals surface area (Å²) in [6.45, 7) is 11.6. The number of carbonyl (C=O) groups is 2. The van der Waals surface area contributed by atoms with Gasteiger partial charge in [-0.3, -0.25) is 9.59 Å². The third-order valence-electron chi connectivity index (χ3n) is 5.69. The SMILES string of the molecule is CC(C)(C)OC(=O)C1CCC(C2CCC(C(=O)OC(C)(C)C)CC2)CC1. The van der Waals surface area contributed by atoms with Gasteiger partial charge in [-0.25, -0.2) is 0 Å². The molecule has 0 unspecified atom stereocenters. The van der Waals surface area contributed by atoms with Gasteiger partial charge in [-0.2, -0.15) is 0 Å². The number of ether oxygens (including phenoxy) is 2. The molecule has 2 fully saturated rings. The summed E-state index contributed by atoms with van der Waals surface area (Å²) in [5.41, 5.74) is -0.790. The highest BCUT2D eigenvalue weighted by Crippen LogP contribution is 2.42. The fourth-order valence-electron chi connectivity index (χ4n) is 4.42. The molecule has 2 aliphatic carbocycles. The van der Waals surface area contributed by atoms with Crippen molar-refractivity contribution in [3.63, 3.8) is 0 Å². The molecule has 0 aliphatic heterocycles. The zero-order valence-corrected chi connectivity index (χ0v) is 17.6. The van der Waals surface area contributed by atoms with Crippen LogP contribution in [-0.4, -0.2) is 23.1 Å². The third kappa shape index (κ3) is 6.59. The molecule has 0 aromatic rings. The predicted molar refractivity (Wildman–Crippen MR) is 103 cm³/mol. The molecule has 0 atom stereocenters. The smallest absolute Gasteiger partial charge is 0.309 e. The van der Waals surface area contributed by atoms with Crippen LogP contribution < -0.4 is 0 Å². The van der Waals surface area contributed by atoms with E-state index in [0.717, 1.165) is 51.4 Å². The zero-order chi connectivity index (χ0) is 19.5. The topological polar surface area (TPSA) is 52.6 Å². The quantitative estimate of drug-likeness (QED) is 0.637. The van der Waals surface area contributed by atoms with Crippen molar-refractivity contribution in [1.82, 2.24) is 0 Å². The molecule has 0 radical (unpaired) electrons. The Hall–Kier alpha value is -1.06. The second-order valence-corrected chi connectivity index (χ2v) is 10.3. The summed E-state index contributed by atoms with van der Waals surface area (Å²) < 4.78 is 11.1. The molecule has 0 spiro atoms. The molecule has 0 bridgehead atoms. The van der Waals surface area contributed by atoms with Crippen molar-refractivity contribution in [2.45, 2.75) is 104 Å². The van der Waals surface area contributed by atoms with E-state index in [2.05, 4.69) is 0 Å². The van der Waals surface area contributed by atoms with E-state index in [1.54, 1.807) is 0 Å². The van der Waals surface area contributed by atoms with E-state index < -0.39 is 11.2 Å². The first-order valence-electron chi connectivity index (χ1n) is 10.4. The average molecular weight is 367 g/mol. The van der Waals surface area contributed by atoms with Crippen molar-refractivity contribution in [1.29, 1.82) is 0 Å². The predicted octanol–water partition coefficient (Wildman–Crippen LogP) is 5.28. The monoisotopic (exact) mass is 366 g/mol. The molecule has 150 valence electrons. The normalized spacial score (nSPS) is 30.5. The van der Waals surface area contributed by atoms with Gasteiger partial charge in [-0.05, 0) is 105 Å². The molecule has 2 aliphatic rings. The highest BCUT2D eigenvalue weighted by atomic mass is 16.6. The first-order valence-corrected chi connectivity index (χ1v) is 10.4. The number of carbonyl (C=O) groups excluding carboxylic acids is 2. The number of hydrogen-bond donors (Lipinski definition) is 0. The standard InChI is InChI=1S/C22H38O4/c1-21(2,3)25-19(23)17-11-7-15(8-12-17)16-9-13-18(14-10-16)20(24)26-22(4,5)6/h15-18H,7-14H2,1-6H3. The van der Waals surface area contributed by atoms with Gasteiger partial charge in [-0.1, -0.05) is 0 Å². The average Bonchev–Trinajstić information content (AvgIpc) is 2.52. The van der Waals surface area contributed by atoms with E-state index in [9.17, 15) is 9.59 Å². The Kier molecular flexibility index (Phi) is 6.79. The Morgan fingerprint density at radius 3 is 1.08 bits per heavy atom. The zero-order valence-electron chi connectivity index (χ0n) is 17.6. The minimum atomic E-state index is -0.395. The first-order chi connectivity index (χ1) is 11.9. The summed E-state index contributed by atoms with van der Waals surface area (Å²) in [7, 11) is 0. The van der Waals surface area contributed by atoms with Gasteiger partial charge in [-0.15, -0.1) is 0 Å². The van der Waals surface area contributed by atoms with Crippen molar-refractivity contribution in [2.24, 2.45) is 23.7 Å². The lowest BCUT2D eigenvalue weighted by molar-refractivity contribution is -0.163. The maximum atomic E-state index is 12.3. The Labute approximate surface area is 159 Å². The second kappa shape index (κ2) is 8.31. The van der Waals surface area contributed by atoms with Crippen LogP contribution in [0.1, 0.15) is 92.9 Å². The summed E-state index contributed by atoms with van der Waals surface area (Å²) in [6, 6.07) is 0. The van der Waals surface area contributed by atoms with Crippen LogP contribution in [0.15, 0.2) is 0 Å². The Balaban J connectivity index is 1.74. The fraction of sp³-hybridized carbons (Fsp3) is 0.909. The molecule has 2 saturated carbocycles. The maximum Gasteiger partial charge on any atom is 0.309 e. The van der Waals surface area contributed by atoms with Crippen LogP contribution in [0, 0.1) is 23.7 Å². The van der Waals surface area contributed by atoms with E-state index in [4.69, 9.17) is 9.47 Å². The minimum Gasteiger partial charge on any atom is -0.460 e. The lowest BCUT2D eigenvalue weighted by Crippen LogP contribution is -2.34. The van der Waals surface area contributed by atoms with E-state index >= 15 is 0 Å². The molecule has 0 saturated heterocycles. The van der Waals surface area contributed by atoms with Crippen molar-refractivity contribution in [2.75, 3.05) is 0 Å². The maximum absolute atomic E-state index is 12.3. The lowest BCUT2D eigenvalue weighted by atomic mass is 9.69. The summed E-state index contributed by atoms with van der Waals surface area (Å²) in [6.07, 6.45) is 8.27. The van der Waals surface area contributed by atoms with Gasteiger partial charge in [0.25, 0.3) is 0 Å². The highest BCUT2D eigenvalue weighted by molar-refractivity contribution is 5.73. The molecule has 26 heavy (non-hydrogen) atoms. The minimum absolute atomic E-state index is 0.0235. The number of hydrogen-bond acceptors (Lipinski definition) is 4. The van der Waals surface area contributed by atoms with E-state index in [-0.39, 0.29) is 23.8 Å². The van der Waals surface area contributed by atoms with Gasteiger partial charge in [0.1, 0.15) is 11.2 Å². The molecule has 0 aromatic heterocycles. The summed E-state index contributed by atoms with van der Waals surface area (Å²) in [5.74, 6) is 1.50. The third-order valence-corrected chi connectivity index (χ3v) is 5.69. The van der Waals surface area contributed by atoms with Crippen molar-refractivity contribution in [3.8, 4) is 0 Å². The van der Waals surface area contributed by atoms with Crippen LogP contribution in [0.5, 0.6) is 0 Å². The number of esters is 2. The Morgan fingerprint density at radius 2 is 0.846 bits per heavy atom. The summed E-state index contributed by atoms with van der Waals surface area (Å²) in [5, 5.41) is 0. The number of rotatable bonds is 3. The molecule has 0 heterocycles. The molecule has 2 rings (SSSR count). The fourth-order valence-corrected chi connectivity index (χ4v) is 4.42. The van der Waals surface area contributed by atoms with Gasteiger partial charge < -0.3 is 9.47 Å². The largest absolute Gasteiger partial charge is 0.460 e. The van der Waals surface area contributed by atoms with Gasteiger partial charge in [0.05, 0.1) is 11.8 Å². The highest BCUT2D eigenvalue weighted by Gasteiger charge is 2.36. The second-order valence-electron chi connectivity index (χ2n) is 10.3. The van der Waals surface area contributed by atoms with Crippen LogP contribution in [0.2, 0.25) is 0 Å². The van der Waals surface area contributed by atoms with Gasteiger partial charge >= 0.3 is 11.9 Å². The van der Waals surface area contributed by atoms with Crippen LogP contribution >= 0.6 is 0 Å². The summed E-state index contributed by atoms with van der Waals surface area (Å²) in [4.78, 5) is 24.5. The van der Waals surface area contributed by atoms with Crippen molar-refractivity contribution in [3.05, 3.63) is 0 Å². The molecule has 0 amide bonds. The Morgan fingerprint density at radius 1 is 0.577 bits per heavy atom. The van der Waals surface area contributed by atoms with E-state index in [0.29, 0.717) is 11.8 Å². The molecular formula is C22H38O4. The van der Waals surface area contributed by atoms with E-state index in [1.807, 2.05) is 41.5 Å². The molecule has 4 heteroatoms. The molecule has 0 aromatic carbocycles. The van der Waals surface area contributed by atoms with Gasteiger partial charge in [0, 0.05) is 0 Å². The van der Waals surface area contributed by atoms with Crippen molar-refractivity contribution >= 4 is 11.9 Å². The summed E-state index contributed by atoms with van der Waals surface area (Å²) >= 11 is 0. The van der Waals surface area contributed by atoms with Crippen LogP contribution in [-0.2, 0) is 19.1 Å². The van der Waals surface area contributed by atoms with Crippen LogP contribution in [0.4, 0.5) is 0 Å². The lowest BCUT2D eigenvalue weighted by Gasteiger charge is -2.37. The molecule has 0 N–H and O–H groups in total. The molecule has 4 nitrogen and oxygen atoms in total. The first kappa shape index (κ1) is 21.2. The van der Waals surface area contributed by atoms with Crippen molar-refractivity contribution < 1.29 is 19.1 Å².